The molecule has 1 unspecified atom stereocenters. The predicted molar refractivity (Wildman–Crippen MR) is 49.0 cm³/mol. The Kier molecular flexibility index (Phi) is 2.69. The number of carbonyl (C=O) groups excluding carboxylic acids is 1. The van der Waals surface area contributed by atoms with Crippen molar-refractivity contribution in [3.8, 4) is 0 Å². The molecule has 1 aliphatic rings. The van der Waals surface area contributed by atoms with Gasteiger partial charge in [0.15, 0.2) is 0 Å². The number of nitrogens with zero attached hydrogens (tertiary/aromatic N) is 1. The molecule has 0 aliphatic carbocycles. The highest BCUT2D eigenvalue weighted by molar-refractivity contribution is 5.74. The number of hydrogen-bond donors (Lipinski definition) is 1. The van der Waals surface area contributed by atoms with Crippen LogP contribution in [0.4, 0.5) is 4.79 Å². The normalized spacial score (nSPS) is 26.9. The lowest BCUT2D eigenvalue weighted by molar-refractivity contribution is -0.140. The summed E-state index contributed by atoms with van der Waals surface area (Å²) < 4.78 is 5.04. The number of hydrogen-bond acceptors (Lipinski definition) is 3. The first-order chi connectivity index (χ1) is 6.34. The van der Waals surface area contributed by atoms with Crippen molar-refractivity contribution in [2.45, 2.75) is 38.8 Å². The fraction of sp³-hybridized carbons (Fsp3) is 0.778. The zero-order valence-electron chi connectivity index (χ0n) is 8.61. The van der Waals surface area contributed by atoms with Crippen LogP contribution in [0, 0.1) is 0 Å². The molecule has 1 N–H and O–H groups in total. The lowest BCUT2D eigenvalue weighted by atomic mass is 10.0. The van der Waals surface area contributed by atoms with Gasteiger partial charge in [0.2, 0.25) is 0 Å². The van der Waals surface area contributed by atoms with E-state index in [0.29, 0.717) is 6.54 Å². The van der Waals surface area contributed by atoms with Crippen molar-refractivity contribution in [2.24, 2.45) is 0 Å². The van der Waals surface area contributed by atoms with Gasteiger partial charge in [0.25, 0.3) is 0 Å². The lowest BCUT2D eigenvalue weighted by Crippen LogP contribution is -2.36. The number of rotatable bonds is 3. The van der Waals surface area contributed by atoms with E-state index in [0.717, 1.165) is 0 Å². The first-order valence-corrected chi connectivity index (χ1v) is 4.55. The first kappa shape index (κ1) is 10.8. The molecule has 0 spiro atoms. The third-order valence-corrected chi connectivity index (χ3v) is 2.22. The molecule has 1 fully saturated rings. The average Bonchev–Trinajstić information content (AvgIpc) is 2.24. The second kappa shape index (κ2) is 3.48. The van der Waals surface area contributed by atoms with Gasteiger partial charge in [0.1, 0.15) is 5.60 Å². The summed E-state index contributed by atoms with van der Waals surface area (Å²) in [5.41, 5.74) is -0.882. The Balaban J connectivity index is 2.70. The zero-order chi connectivity index (χ0) is 10.9. The number of cyclic esters (lactones) is 1. The second-order valence-corrected chi connectivity index (χ2v) is 4.11. The summed E-state index contributed by atoms with van der Waals surface area (Å²) in [6.07, 6.45) is -0.578. The minimum atomic E-state index is -0.953. The molecule has 1 saturated heterocycles. The standard InChI is InChI=1S/C9H15NO4/c1-6(2)10-5-9(3,4-7(11)12)14-8(10)13/h6H,4-5H2,1-3H3,(H,11,12). The van der Waals surface area contributed by atoms with Crippen molar-refractivity contribution < 1.29 is 19.4 Å². The van der Waals surface area contributed by atoms with Crippen LogP contribution in [0.1, 0.15) is 27.2 Å². The molecule has 5 heteroatoms. The molecule has 0 radical (unpaired) electrons. The molecule has 0 bridgehead atoms. The smallest absolute Gasteiger partial charge is 0.410 e. The summed E-state index contributed by atoms with van der Waals surface area (Å²) in [6, 6.07) is 0.0399. The van der Waals surface area contributed by atoms with Crippen LogP contribution < -0.4 is 0 Å². The molecular formula is C9H15NO4. The molecule has 14 heavy (non-hydrogen) atoms. The van der Waals surface area contributed by atoms with Crippen molar-refractivity contribution in [1.29, 1.82) is 0 Å². The van der Waals surface area contributed by atoms with E-state index < -0.39 is 17.7 Å². The summed E-state index contributed by atoms with van der Waals surface area (Å²) in [5, 5.41) is 8.64. The van der Waals surface area contributed by atoms with Crippen LogP contribution in [0.25, 0.3) is 0 Å². The van der Waals surface area contributed by atoms with Crippen LogP contribution in [0.15, 0.2) is 0 Å². The SMILES string of the molecule is CC(C)N1CC(C)(CC(=O)O)OC1=O. The molecule has 1 heterocycles. The van der Waals surface area contributed by atoms with E-state index in [1.54, 1.807) is 6.92 Å². The van der Waals surface area contributed by atoms with Gasteiger partial charge in [-0.3, -0.25) is 4.79 Å². The molecule has 0 aromatic heterocycles. The zero-order valence-corrected chi connectivity index (χ0v) is 8.61. The molecule has 5 nitrogen and oxygen atoms in total. The van der Waals surface area contributed by atoms with E-state index >= 15 is 0 Å². The summed E-state index contributed by atoms with van der Waals surface area (Å²) in [5.74, 6) is -0.953. The minimum Gasteiger partial charge on any atom is -0.481 e. The van der Waals surface area contributed by atoms with Crippen LogP contribution in [-0.4, -0.2) is 40.3 Å². The quantitative estimate of drug-likeness (QED) is 0.742. The second-order valence-electron chi connectivity index (χ2n) is 4.11. The topological polar surface area (TPSA) is 66.8 Å². The summed E-state index contributed by atoms with van der Waals surface area (Å²) in [6.45, 7) is 5.72. The van der Waals surface area contributed by atoms with Crippen LogP contribution in [0.3, 0.4) is 0 Å². The molecule has 1 aliphatic heterocycles. The summed E-state index contributed by atoms with van der Waals surface area (Å²) in [7, 11) is 0. The van der Waals surface area contributed by atoms with Gasteiger partial charge in [-0.25, -0.2) is 4.79 Å². The van der Waals surface area contributed by atoms with Gasteiger partial charge in [-0.15, -0.1) is 0 Å². The van der Waals surface area contributed by atoms with Gasteiger partial charge in [-0.05, 0) is 20.8 Å². The van der Waals surface area contributed by atoms with Crippen molar-refractivity contribution >= 4 is 12.1 Å². The molecule has 0 saturated carbocycles. The van der Waals surface area contributed by atoms with E-state index in [2.05, 4.69) is 0 Å². The molecule has 0 aromatic carbocycles. The molecule has 1 amide bonds. The Morgan fingerprint density at radius 1 is 1.71 bits per heavy atom. The van der Waals surface area contributed by atoms with Gasteiger partial charge in [-0.2, -0.15) is 0 Å². The molecule has 1 atom stereocenters. The van der Waals surface area contributed by atoms with Crippen molar-refractivity contribution in [2.75, 3.05) is 6.54 Å². The highest BCUT2D eigenvalue weighted by Crippen LogP contribution is 2.27. The molecule has 0 aromatic rings. The number of aliphatic carboxylic acids is 1. The largest absolute Gasteiger partial charge is 0.481 e. The Morgan fingerprint density at radius 3 is 2.64 bits per heavy atom. The summed E-state index contributed by atoms with van der Waals surface area (Å²) in [4.78, 5) is 23.4. The Hall–Kier alpha value is -1.26. The van der Waals surface area contributed by atoms with Gasteiger partial charge in [0, 0.05) is 6.04 Å². The molecule has 80 valence electrons. The minimum absolute atomic E-state index is 0.0399. The van der Waals surface area contributed by atoms with E-state index in [1.807, 2.05) is 13.8 Å². The van der Waals surface area contributed by atoms with Gasteiger partial charge in [-0.1, -0.05) is 0 Å². The third kappa shape index (κ3) is 2.16. The monoisotopic (exact) mass is 201 g/mol. The van der Waals surface area contributed by atoms with Crippen molar-refractivity contribution in [1.82, 2.24) is 4.90 Å². The van der Waals surface area contributed by atoms with Gasteiger partial charge >= 0.3 is 12.1 Å². The van der Waals surface area contributed by atoms with E-state index in [9.17, 15) is 9.59 Å². The Morgan fingerprint density at radius 2 is 2.29 bits per heavy atom. The van der Waals surface area contributed by atoms with E-state index in [1.165, 1.54) is 4.90 Å². The highest BCUT2D eigenvalue weighted by Gasteiger charge is 2.43. The molecule has 1 rings (SSSR count). The van der Waals surface area contributed by atoms with Crippen LogP contribution in [0.2, 0.25) is 0 Å². The average molecular weight is 201 g/mol. The maximum absolute atomic E-state index is 11.3. The maximum Gasteiger partial charge on any atom is 0.410 e. The fourth-order valence-corrected chi connectivity index (χ4v) is 1.53. The van der Waals surface area contributed by atoms with Crippen LogP contribution >= 0.6 is 0 Å². The number of carboxylic acid groups (broad SMARTS) is 1. The fourth-order valence-electron chi connectivity index (χ4n) is 1.53. The van der Waals surface area contributed by atoms with Crippen molar-refractivity contribution in [3.63, 3.8) is 0 Å². The van der Waals surface area contributed by atoms with Gasteiger partial charge < -0.3 is 14.7 Å². The third-order valence-electron chi connectivity index (χ3n) is 2.22. The number of amides is 1. The summed E-state index contributed by atoms with van der Waals surface area (Å²) >= 11 is 0. The first-order valence-electron chi connectivity index (χ1n) is 4.55. The van der Waals surface area contributed by atoms with Crippen molar-refractivity contribution in [3.05, 3.63) is 0 Å². The highest BCUT2D eigenvalue weighted by atomic mass is 16.6. The van der Waals surface area contributed by atoms with E-state index in [4.69, 9.17) is 9.84 Å². The lowest BCUT2D eigenvalue weighted by Gasteiger charge is -2.20. The van der Waals surface area contributed by atoms with E-state index in [-0.39, 0.29) is 12.5 Å². The predicted octanol–water partition coefficient (Wildman–Crippen LogP) is 1.08. The Labute approximate surface area is 82.6 Å². The Bertz CT molecular complexity index is 264. The molecular weight excluding hydrogens is 186 g/mol. The van der Waals surface area contributed by atoms with Crippen LogP contribution in [-0.2, 0) is 9.53 Å². The number of ether oxygens (including phenoxy) is 1. The number of carboxylic acids is 1. The van der Waals surface area contributed by atoms with Gasteiger partial charge in [0.05, 0.1) is 13.0 Å². The number of carbonyl (C=O) groups is 2. The van der Waals surface area contributed by atoms with Crippen LogP contribution in [0.5, 0.6) is 0 Å². The maximum atomic E-state index is 11.3.